The molecule has 152 valence electrons. The van der Waals surface area contributed by atoms with Crippen molar-refractivity contribution >= 4 is 39.2 Å². The predicted octanol–water partition coefficient (Wildman–Crippen LogP) is 5.87. The third-order valence-electron chi connectivity index (χ3n) is 5.24. The molecule has 3 nitrogen and oxygen atoms in total. The van der Waals surface area contributed by atoms with Gasteiger partial charge < -0.3 is 15.6 Å². The quantitative estimate of drug-likeness (QED) is 0.248. The van der Waals surface area contributed by atoms with E-state index in [2.05, 4.69) is 118 Å². The summed E-state index contributed by atoms with van der Waals surface area (Å²) in [6.45, 7) is 6.81. The number of fused-ring (bicyclic) bond motifs is 1. The molecule has 0 bridgehead atoms. The Labute approximate surface area is 191 Å². The minimum atomic E-state index is 0.837. The van der Waals surface area contributed by atoms with Crippen molar-refractivity contribution in [1.82, 2.24) is 15.6 Å². The van der Waals surface area contributed by atoms with E-state index in [9.17, 15) is 0 Å². The molecule has 0 unspecified atom stereocenters. The van der Waals surface area contributed by atoms with Crippen LogP contribution in [-0.4, -0.2) is 11.5 Å². The van der Waals surface area contributed by atoms with Crippen LogP contribution in [0.15, 0.2) is 85.6 Å². The molecule has 0 aliphatic rings. The molecule has 3 N–H and O–H groups in total. The van der Waals surface area contributed by atoms with Crippen LogP contribution in [0.2, 0.25) is 0 Å². The summed E-state index contributed by atoms with van der Waals surface area (Å²) >= 11 is 2.36. The monoisotopic (exact) mass is 507 g/mol. The third kappa shape index (κ3) is 5.32. The molecule has 4 aromatic rings. The first-order chi connectivity index (χ1) is 14.7. The minimum absolute atomic E-state index is 0.837. The standard InChI is InChI=1S/C26H26IN3/c1-19(29-13-12-23-18-30-26-11-10-24(27)15-25(23)26)22-9-5-8-21(14-22)17-28-16-20-6-3-2-4-7-20/h2-11,14-15,18,28-30H,1,12-13,16-17H2. The molecule has 4 heteroatoms. The van der Waals surface area contributed by atoms with Crippen LogP contribution in [-0.2, 0) is 19.5 Å². The van der Waals surface area contributed by atoms with Gasteiger partial charge in [0.25, 0.3) is 0 Å². The van der Waals surface area contributed by atoms with Gasteiger partial charge in [-0.15, -0.1) is 0 Å². The zero-order valence-electron chi connectivity index (χ0n) is 16.9. The van der Waals surface area contributed by atoms with E-state index in [1.54, 1.807) is 0 Å². The number of rotatable bonds is 9. The van der Waals surface area contributed by atoms with Crippen molar-refractivity contribution in [2.45, 2.75) is 19.5 Å². The number of halogens is 1. The molecular weight excluding hydrogens is 481 g/mol. The lowest BCUT2D eigenvalue weighted by Crippen LogP contribution is -2.16. The first-order valence-electron chi connectivity index (χ1n) is 10.2. The van der Waals surface area contributed by atoms with Gasteiger partial charge in [0.15, 0.2) is 0 Å². The van der Waals surface area contributed by atoms with Crippen LogP contribution in [0.3, 0.4) is 0 Å². The Morgan fingerprint density at radius 3 is 2.57 bits per heavy atom. The number of hydrogen-bond donors (Lipinski definition) is 3. The zero-order chi connectivity index (χ0) is 20.8. The average Bonchev–Trinajstić information content (AvgIpc) is 3.17. The highest BCUT2D eigenvalue weighted by Gasteiger charge is 2.05. The second-order valence-electron chi connectivity index (χ2n) is 7.45. The van der Waals surface area contributed by atoms with Crippen LogP contribution in [0.25, 0.3) is 16.6 Å². The fourth-order valence-corrected chi connectivity index (χ4v) is 4.11. The maximum atomic E-state index is 4.25. The highest BCUT2D eigenvalue weighted by atomic mass is 127. The van der Waals surface area contributed by atoms with E-state index < -0.39 is 0 Å². The van der Waals surface area contributed by atoms with E-state index in [1.165, 1.54) is 31.2 Å². The average molecular weight is 507 g/mol. The summed E-state index contributed by atoms with van der Waals surface area (Å²) in [5.41, 5.74) is 7.20. The van der Waals surface area contributed by atoms with Crippen molar-refractivity contribution in [3.8, 4) is 0 Å². The van der Waals surface area contributed by atoms with Gasteiger partial charge in [-0.2, -0.15) is 0 Å². The maximum absolute atomic E-state index is 4.25. The van der Waals surface area contributed by atoms with Crippen molar-refractivity contribution in [2.75, 3.05) is 6.54 Å². The molecule has 0 spiro atoms. The predicted molar refractivity (Wildman–Crippen MR) is 135 cm³/mol. The first-order valence-corrected chi connectivity index (χ1v) is 11.3. The summed E-state index contributed by atoms with van der Waals surface area (Å²) in [4.78, 5) is 3.36. The lowest BCUT2D eigenvalue weighted by molar-refractivity contribution is 0.693. The van der Waals surface area contributed by atoms with Gasteiger partial charge in [-0.1, -0.05) is 55.1 Å². The first kappa shape index (κ1) is 20.7. The number of benzene rings is 3. The van der Waals surface area contributed by atoms with Crippen LogP contribution >= 0.6 is 22.6 Å². The molecule has 1 aromatic heterocycles. The summed E-state index contributed by atoms with van der Waals surface area (Å²) in [6.07, 6.45) is 3.07. The van der Waals surface area contributed by atoms with E-state index in [4.69, 9.17) is 0 Å². The normalized spacial score (nSPS) is 11.0. The highest BCUT2D eigenvalue weighted by Crippen LogP contribution is 2.21. The number of aromatic amines is 1. The van der Waals surface area contributed by atoms with Gasteiger partial charge in [-0.3, -0.25) is 0 Å². The molecule has 30 heavy (non-hydrogen) atoms. The van der Waals surface area contributed by atoms with Gasteiger partial charge in [0.05, 0.1) is 0 Å². The van der Waals surface area contributed by atoms with Gasteiger partial charge in [0.1, 0.15) is 0 Å². The zero-order valence-corrected chi connectivity index (χ0v) is 19.1. The van der Waals surface area contributed by atoms with Crippen molar-refractivity contribution in [3.63, 3.8) is 0 Å². The Morgan fingerprint density at radius 2 is 1.70 bits per heavy atom. The second kappa shape index (κ2) is 9.96. The summed E-state index contributed by atoms with van der Waals surface area (Å²) < 4.78 is 1.26. The maximum Gasteiger partial charge on any atom is 0.0457 e. The lowest BCUT2D eigenvalue weighted by atomic mass is 10.1. The second-order valence-corrected chi connectivity index (χ2v) is 8.69. The third-order valence-corrected chi connectivity index (χ3v) is 5.91. The largest absolute Gasteiger partial charge is 0.385 e. The van der Waals surface area contributed by atoms with E-state index in [0.29, 0.717) is 0 Å². The van der Waals surface area contributed by atoms with Gasteiger partial charge in [0.2, 0.25) is 0 Å². The van der Waals surface area contributed by atoms with E-state index in [-0.39, 0.29) is 0 Å². The fourth-order valence-electron chi connectivity index (χ4n) is 3.62. The number of H-pyrrole nitrogens is 1. The topological polar surface area (TPSA) is 39.9 Å². The SMILES string of the molecule is C=C(NCCc1c[nH]c2ccc(I)cc12)c1cccc(CNCc2ccccc2)c1. The number of hydrogen-bond acceptors (Lipinski definition) is 2. The molecular formula is C26H26IN3. The van der Waals surface area contributed by atoms with Gasteiger partial charge in [-0.05, 0) is 75.5 Å². The number of aromatic nitrogens is 1. The van der Waals surface area contributed by atoms with Crippen molar-refractivity contribution in [1.29, 1.82) is 0 Å². The lowest BCUT2D eigenvalue weighted by Gasteiger charge is -2.12. The molecule has 0 saturated heterocycles. The number of nitrogens with one attached hydrogen (secondary N) is 3. The van der Waals surface area contributed by atoms with Crippen molar-refractivity contribution in [2.24, 2.45) is 0 Å². The van der Waals surface area contributed by atoms with Crippen LogP contribution in [0.1, 0.15) is 22.3 Å². The molecule has 0 amide bonds. The summed E-state index contributed by atoms with van der Waals surface area (Å²) in [7, 11) is 0. The Balaban J connectivity index is 1.30. The Morgan fingerprint density at radius 1 is 0.900 bits per heavy atom. The van der Waals surface area contributed by atoms with Crippen LogP contribution in [0, 0.1) is 3.57 Å². The van der Waals surface area contributed by atoms with Crippen LogP contribution < -0.4 is 10.6 Å². The molecule has 0 aliphatic carbocycles. The Kier molecular flexibility index (Phi) is 6.87. The summed E-state index contributed by atoms with van der Waals surface area (Å²) in [5, 5.41) is 8.31. The van der Waals surface area contributed by atoms with Gasteiger partial charge >= 0.3 is 0 Å². The van der Waals surface area contributed by atoms with E-state index >= 15 is 0 Å². The molecule has 0 radical (unpaired) electrons. The fraction of sp³-hybridized carbons (Fsp3) is 0.154. The Bertz CT molecular complexity index is 1130. The van der Waals surface area contributed by atoms with Crippen LogP contribution in [0.4, 0.5) is 0 Å². The molecule has 1 heterocycles. The minimum Gasteiger partial charge on any atom is -0.385 e. The molecule has 0 saturated carbocycles. The van der Waals surface area contributed by atoms with Gasteiger partial charge in [-0.25, -0.2) is 0 Å². The molecule has 0 fully saturated rings. The Hall–Kier alpha value is -2.57. The molecule has 4 rings (SSSR count). The van der Waals surface area contributed by atoms with Crippen molar-refractivity contribution in [3.05, 3.63) is 111 Å². The molecule has 0 aliphatic heterocycles. The smallest absolute Gasteiger partial charge is 0.0457 e. The van der Waals surface area contributed by atoms with Crippen molar-refractivity contribution < 1.29 is 0 Å². The van der Waals surface area contributed by atoms with E-state index in [1.807, 2.05) is 6.07 Å². The highest BCUT2D eigenvalue weighted by molar-refractivity contribution is 14.1. The summed E-state index contributed by atoms with van der Waals surface area (Å²) in [5.74, 6) is 0. The molecule has 0 atom stereocenters. The van der Waals surface area contributed by atoms with E-state index in [0.717, 1.165) is 37.3 Å². The summed E-state index contributed by atoms with van der Waals surface area (Å²) in [6, 6.07) is 25.6. The molecule has 3 aromatic carbocycles. The van der Waals surface area contributed by atoms with Crippen LogP contribution in [0.5, 0.6) is 0 Å². The van der Waals surface area contributed by atoms with Gasteiger partial charge in [0, 0.05) is 46.0 Å².